The lowest BCUT2D eigenvalue weighted by molar-refractivity contribution is 0.201. The Kier molecular flexibility index (Phi) is 6.25. The molecule has 0 rings (SSSR count). The summed E-state index contributed by atoms with van der Waals surface area (Å²) in [5, 5.41) is 17.1. The van der Waals surface area contributed by atoms with Crippen LogP contribution in [0.4, 0.5) is 0 Å². The van der Waals surface area contributed by atoms with Crippen LogP contribution in [-0.4, -0.2) is 22.9 Å². The van der Waals surface area contributed by atoms with E-state index in [1.54, 1.807) is 6.92 Å². The van der Waals surface area contributed by atoms with Gasteiger partial charge in [-0.15, -0.1) is 11.8 Å². The van der Waals surface area contributed by atoms with E-state index in [-0.39, 0.29) is 12.7 Å². The van der Waals surface area contributed by atoms with E-state index in [0.29, 0.717) is 6.42 Å². The lowest BCUT2D eigenvalue weighted by Gasteiger charge is -1.92. The van der Waals surface area contributed by atoms with Crippen LogP contribution in [-0.2, 0) is 0 Å². The van der Waals surface area contributed by atoms with Gasteiger partial charge in [0.2, 0.25) is 0 Å². The highest BCUT2D eigenvalue weighted by molar-refractivity contribution is 4.99. The van der Waals surface area contributed by atoms with Crippen LogP contribution in [0.2, 0.25) is 0 Å². The molecule has 0 aromatic heterocycles. The molecule has 0 aliphatic heterocycles. The lowest BCUT2D eigenvalue weighted by Crippen LogP contribution is -1.95. The molecule has 0 unspecified atom stereocenters. The molecule has 0 aliphatic rings. The average molecular weight is 142 g/mol. The van der Waals surface area contributed by atoms with Crippen molar-refractivity contribution < 1.29 is 10.2 Å². The molecular weight excluding hydrogens is 128 g/mol. The predicted molar refractivity (Wildman–Crippen MR) is 40.4 cm³/mol. The molecule has 0 heterocycles. The van der Waals surface area contributed by atoms with Crippen molar-refractivity contribution in [1.29, 1.82) is 0 Å². The largest absolute Gasteiger partial charge is 0.396 e. The van der Waals surface area contributed by atoms with Gasteiger partial charge in [0.25, 0.3) is 0 Å². The second-order valence-electron chi connectivity index (χ2n) is 2.23. The van der Waals surface area contributed by atoms with Crippen LogP contribution in [0.15, 0.2) is 0 Å². The van der Waals surface area contributed by atoms with Crippen molar-refractivity contribution in [1.82, 2.24) is 0 Å². The van der Waals surface area contributed by atoms with Crippen molar-refractivity contribution in [3.63, 3.8) is 0 Å². The van der Waals surface area contributed by atoms with Gasteiger partial charge in [0.15, 0.2) is 0 Å². The number of unbranched alkanes of at least 4 members (excludes halogenated alkanes) is 1. The van der Waals surface area contributed by atoms with Crippen molar-refractivity contribution in [2.45, 2.75) is 32.3 Å². The van der Waals surface area contributed by atoms with Gasteiger partial charge in [-0.25, -0.2) is 0 Å². The highest BCUT2D eigenvalue weighted by atomic mass is 16.3. The Morgan fingerprint density at radius 2 is 2.10 bits per heavy atom. The maximum absolute atomic E-state index is 8.76. The molecule has 0 saturated heterocycles. The van der Waals surface area contributed by atoms with Crippen LogP contribution in [0, 0.1) is 11.8 Å². The summed E-state index contributed by atoms with van der Waals surface area (Å²) >= 11 is 0. The van der Waals surface area contributed by atoms with Crippen molar-refractivity contribution in [2.24, 2.45) is 0 Å². The van der Waals surface area contributed by atoms with Crippen molar-refractivity contribution in [3.05, 3.63) is 0 Å². The molecule has 2 nitrogen and oxygen atoms in total. The molecule has 0 fully saturated rings. The number of hydrogen-bond donors (Lipinski definition) is 2. The number of aliphatic hydroxyl groups is 2. The van der Waals surface area contributed by atoms with Crippen molar-refractivity contribution in [2.75, 3.05) is 6.61 Å². The summed E-state index contributed by atoms with van der Waals surface area (Å²) in [6, 6.07) is 0. The first-order chi connectivity index (χ1) is 4.77. The van der Waals surface area contributed by atoms with Crippen LogP contribution in [0.5, 0.6) is 0 Å². The van der Waals surface area contributed by atoms with Gasteiger partial charge >= 0.3 is 0 Å². The minimum absolute atomic E-state index is 0.198. The quantitative estimate of drug-likeness (QED) is 0.446. The van der Waals surface area contributed by atoms with Gasteiger partial charge in [-0.2, -0.15) is 0 Å². The van der Waals surface area contributed by atoms with Crippen LogP contribution in [0.3, 0.4) is 0 Å². The fraction of sp³-hybridized carbons (Fsp3) is 0.750. The minimum atomic E-state index is -0.332. The van der Waals surface area contributed by atoms with Gasteiger partial charge in [0.05, 0.1) is 6.10 Å². The summed E-state index contributed by atoms with van der Waals surface area (Å²) in [6.45, 7) is 1.91. The first-order valence-corrected chi connectivity index (χ1v) is 3.52. The topological polar surface area (TPSA) is 40.5 Å². The zero-order chi connectivity index (χ0) is 7.82. The van der Waals surface area contributed by atoms with Crippen LogP contribution < -0.4 is 0 Å². The summed E-state index contributed by atoms with van der Waals surface area (Å²) in [7, 11) is 0. The molecule has 0 bridgehead atoms. The van der Waals surface area contributed by atoms with E-state index in [0.717, 1.165) is 12.8 Å². The molecule has 0 aromatic carbocycles. The number of aliphatic hydroxyl groups excluding tert-OH is 2. The zero-order valence-corrected chi connectivity index (χ0v) is 6.30. The van der Waals surface area contributed by atoms with Gasteiger partial charge < -0.3 is 10.2 Å². The summed E-state index contributed by atoms with van der Waals surface area (Å²) in [4.78, 5) is 0. The maximum atomic E-state index is 8.76. The van der Waals surface area contributed by atoms with E-state index in [2.05, 4.69) is 11.8 Å². The number of hydrogen-bond acceptors (Lipinski definition) is 2. The van der Waals surface area contributed by atoms with E-state index in [9.17, 15) is 0 Å². The molecule has 2 heteroatoms. The van der Waals surface area contributed by atoms with Crippen LogP contribution in [0.1, 0.15) is 26.2 Å². The van der Waals surface area contributed by atoms with Gasteiger partial charge in [-0.3, -0.25) is 0 Å². The first-order valence-electron chi connectivity index (χ1n) is 3.52. The Morgan fingerprint density at radius 3 is 2.60 bits per heavy atom. The second-order valence-corrected chi connectivity index (χ2v) is 2.23. The minimum Gasteiger partial charge on any atom is -0.396 e. The van der Waals surface area contributed by atoms with Gasteiger partial charge in [-0.05, 0) is 13.3 Å². The van der Waals surface area contributed by atoms with Crippen LogP contribution >= 0.6 is 0 Å². The molecule has 0 aliphatic carbocycles. The Hall–Kier alpha value is -0.520. The molecule has 0 amide bonds. The Labute approximate surface area is 61.9 Å². The average Bonchev–Trinajstić information content (AvgIpc) is 1.87. The molecule has 0 spiro atoms. The highest BCUT2D eigenvalue weighted by Gasteiger charge is 1.87. The van der Waals surface area contributed by atoms with E-state index < -0.39 is 0 Å². The van der Waals surface area contributed by atoms with E-state index in [1.165, 1.54) is 0 Å². The maximum Gasteiger partial charge on any atom is 0.0621 e. The fourth-order valence-electron chi connectivity index (χ4n) is 0.476. The fourth-order valence-corrected chi connectivity index (χ4v) is 0.476. The molecule has 10 heavy (non-hydrogen) atoms. The molecule has 0 radical (unpaired) electrons. The summed E-state index contributed by atoms with van der Waals surface area (Å²) in [6.07, 6.45) is 1.66. The van der Waals surface area contributed by atoms with Gasteiger partial charge in [-0.1, -0.05) is 0 Å². The molecular formula is C8H14O2. The molecule has 1 atom stereocenters. The highest BCUT2D eigenvalue weighted by Crippen LogP contribution is 1.87. The number of rotatable bonds is 3. The monoisotopic (exact) mass is 142 g/mol. The Balaban J connectivity index is 3.14. The first kappa shape index (κ1) is 9.48. The van der Waals surface area contributed by atoms with Crippen molar-refractivity contribution in [3.8, 4) is 11.8 Å². The Bertz CT molecular complexity index is 119. The van der Waals surface area contributed by atoms with Crippen LogP contribution in [0.25, 0.3) is 0 Å². The van der Waals surface area contributed by atoms with Gasteiger partial charge in [0, 0.05) is 19.4 Å². The third-order valence-corrected chi connectivity index (χ3v) is 0.982. The molecule has 0 saturated carbocycles. The van der Waals surface area contributed by atoms with E-state index in [1.807, 2.05) is 0 Å². The van der Waals surface area contributed by atoms with E-state index >= 15 is 0 Å². The standard InChI is InChI=1S/C8H14O2/c1-8(10)6-4-2-3-5-7-9/h8-10H,3,5-7H2,1H3/t8-/m0/s1. The Morgan fingerprint density at radius 1 is 1.40 bits per heavy atom. The third kappa shape index (κ3) is 7.48. The lowest BCUT2D eigenvalue weighted by atomic mass is 10.2. The van der Waals surface area contributed by atoms with E-state index in [4.69, 9.17) is 10.2 Å². The van der Waals surface area contributed by atoms with Crippen molar-refractivity contribution >= 4 is 0 Å². The SMILES string of the molecule is C[C@H](O)CC#CCCCO. The predicted octanol–water partition coefficient (Wildman–Crippen LogP) is 0.533. The summed E-state index contributed by atoms with van der Waals surface area (Å²) < 4.78 is 0. The molecule has 2 N–H and O–H groups in total. The molecule has 0 aromatic rings. The second kappa shape index (κ2) is 6.60. The molecule has 58 valence electrons. The summed E-state index contributed by atoms with van der Waals surface area (Å²) in [5.41, 5.74) is 0. The zero-order valence-electron chi connectivity index (χ0n) is 6.30. The summed E-state index contributed by atoms with van der Waals surface area (Å²) in [5.74, 6) is 5.66. The smallest absolute Gasteiger partial charge is 0.0621 e. The normalized spacial score (nSPS) is 11.9. The third-order valence-electron chi connectivity index (χ3n) is 0.982. The van der Waals surface area contributed by atoms with Gasteiger partial charge in [0.1, 0.15) is 0 Å².